The first-order chi connectivity index (χ1) is 12.5. The van der Waals surface area contributed by atoms with Crippen molar-refractivity contribution in [3.63, 3.8) is 0 Å². The molecular formula is C19H8F5NO. The van der Waals surface area contributed by atoms with Crippen molar-refractivity contribution in [2.75, 3.05) is 0 Å². The lowest BCUT2D eigenvalue weighted by Crippen LogP contribution is -2.04. The van der Waals surface area contributed by atoms with Gasteiger partial charge in [0.05, 0.1) is 0 Å². The van der Waals surface area contributed by atoms with Crippen LogP contribution in [0.2, 0.25) is 0 Å². The molecule has 1 heterocycles. The normalized spacial score (nSPS) is 11.3. The van der Waals surface area contributed by atoms with Gasteiger partial charge in [-0.25, -0.2) is 26.9 Å². The molecule has 7 heteroatoms. The molecule has 0 aliphatic rings. The molecule has 3 aromatic carbocycles. The van der Waals surface area contributed by atoms with E-state index >= 15 is 0 Å². The van der Waals surface area contributed by atoms with Crippen molar-refractivity contribution in [3.05, 3.63) is 77.6 Å². The van der Waals surface area contributed by atoms with Gasteiger partial charge in [0.2, 0.25) is 11.7 Å². The molecule has 130 valence electrons. The van der Waals surface area contributed by atoms with Gasteiger partial charge in [-0.05, 0) is 23.3 Å². The summed E-state index contributed by atoms with van der Waals surface area (Å²) in [6, 6.07) is 14.0. The number of nitrogens with zero attached hydrogens (tertiary/aromatic N) is 1. The second kappa shape index (κ2) is 5.94. The highest BCUT2D eigenvalue weighted by molar-refractivity contribution is 5.82. The van der Waals surface area contributed by atoms with E-state index in [0.29, 0.717) is 0 Å². The largest absolute Gasteiger partial charge is 0.436 e. The van der Waals surface area contributed by atoms with Gasteiger partial charge in [-0.15, -0.1) is 0 Å². The van der Waals surface area contributed by atoms with Crippen LogP contribution in [0.3, 0.4) is 0 Å². The van der Waals surface area contributed by atoms with Crippen LogP contribution in [0.5, 0.6) is 0 Å². The Morgan fingerprint density at radius 3 is 1.92 bits per heavy atom. The van der Waals surface area contributed by atoms with Crippen molar-refractivity contribution >= 4 is 11.1 Å². The molecule has 0 fully saturated rings. The maximum atomic E-state index is 13.9. The molecular weight excluding hydrogens is 353 g/mol. The Balaban J connectivity index is 1.90. The summed E-state index contributed by atoms with van der Waals surface area (Å²) in [5.41, 5.74) is 0.818. The summed E-state index contributed by atoms with van der Waals surface area (Å²) in [5, 5.41) is 0. The van der Waals surface area contributed by atoms with Crippen LogP contribution < -0.4 is 0 Å². The third kappa shape index (κ3) is 2.44. The first-order valence-corrected chi connectivity index (χ1v) is 7.45. The fraction of sp³-hybridized carbons (Fsp3) is 0. The second-order valence-corrected chi connectivity index (χ2v) is 5.51. The molecule has 0 saturated carbocycles. The zero-order valence-corrected chi connectivity index (χ0v) is 12.9. The minimum Gasteiger partial charge on any atom is -0.436 e. The molecule has 0 N–H and O–H groups in total. The lowest BCUT2D eigenvalue weighted by atomic mass is 10.1. The van der Waals surface area contributed by atoms with E-state index in [-0.39, 0.29) is 11.1 Å². The van der Waals surface area contributed by atoms with Crippen molar-refractivity contribution in [2.45, 2.75) is 0 Å². The summed E-state index contributed by atoms with van der Waals surface area (Å²) in [4.78, 5) is 3.90. The topological polar surface area (TPSA) is 26.0 Å². The van der Waals surface area contributed by atoms with Crippen molar-refractivity contribution in [3.8, 4) is 22.6 Å². The van der Waals surface area contributed by atoms with E-state index in [9.17, 15) is 22.0 Å². The highest BCUT2D eigenvalue weighted by atomic mass is 19.2. The van der Waals surface area contributed by atoms with E-state index in [4.69, 9.17) is 4.42 Å². The summed E-state index contributed by atoms with van der Waals surface area (Å²) in [5.74, 6) is -11.0. The zero-order valence-electron chi connectivity index (χ0n) is 12.9. The van der Waals surface area contributed by atoms with Crippen LogP contribution in [0.15, 0.2) is 52.9 Å². The monoisotopic (exact) mass is 361 g/mol. The number of halogens is 5. The fourth-order valence-corrected chi connectivity index (χ4v) is 2.64. The van der Waals surface area contributed by atoms with Gasteiger partial charge in [0, 0.05) is 0 Å². The smallest absolute Gasteiger partial charge is 0.233 e. The van der Waals surface area contributed by atoms with Crippen molar-refractivity contribution in [1.29, 1.82) is 0 Å². The highest BCUT2D eigenvalue weighted by Crippen LogP contribution is 2.34. The van der Waals surface area contributed by atoms with E-state index in [1.165, 1.54) is 6.07 Å². The predicted octanol–water partition coefficient (Wildman–Crippen LogP) is 5.86. The van der Waals surface area contributed by atoms with Crippen LogP contribution in [0.1, 0.15) is 0 Å². The molecule has 0 bridgehead atoms. The van der Waals surface area contributed by atoms with E-state index in [1.807, 2.05) is 30.3 Å². The Labute approximate surface area is 143 Å². The number of fused-ring (bicyclic) bond motifs is 1. The maximum Gasteiger partial charge on any atom is 0.233 e. The lowest BCUT2D eigenvalue weighted by molar-refractivity contribution is 0.379. The van der Waals surface area contributed by atoms with Crippen molar-refractivity contribution in [1.82, 2.24) is 4.98 Å². The van der Waals surface area contributed by atoms with E-state index in [2.05, 4.69) is 4.98 Å². The molecule has 0 aliphatic heterocycles. The summed E-state index contributed by atoms with van der Waals surface area (Å²) in [6.07, 6.45) is 0. The molecule has 0 spiro atoms. The number of oxazole rings is 1. The molecule has 0 amide bonds. The molecule has 2 nitrogen and oxygen atoms in total. The van der Waals surface area contributed by atoms with Crippen molar-refractivity contribution < 1.29 is 26.4 Å². The SMILES string of the molecule is Fc1c(F)c(F)c(-c2nc3cc(-c4ccccc4)ccc3o2)c(F)c1F. The van der Waals surface area contributed by atoms with Gasteiger partial charge in [-0.1, -0.05) is 36.4 Å². The van der Waals surface area contributed by atoms with Gasteiger partial charge in [-0.2, -0.15) is 0 Å². The molecule has 0 saturated heterocycles. The summed E-state index contributed by atoms with van der Waals surface area (Å²) in [7, 11) is 0. The minimum atomic E-state index is -2.23. The third-order valence-corrected chi connectivity index (χ3v) is 3.92. The predicted molar refractivity (Wildman–Crippen MR) is 84.7 cm³/mol. The van der Waals surface area contributed by atoms with Crippen molar-refractivity contribution in [2.24, 2.45) is 0 Å². The number of hydrogen-bond acceptors (Lipinski definition) is 2. The summed E-state index contributed by atoms with van der Waals surface area (Å²) in [6.45, 7) is 0. The lowest BCUT2D eigenvalue weighted by Gasteiger charge is -2.04. The standard InChI is InChI=1S/C19H8F5NO/c20-14-13(15(21)17(23)18(24)16(14)22)19-25-11-8-10(6-7-12(11)26-19)9-4-2-1-3-5-9/h1-8H. The van der Waals surface area contributed by atoms with Gasteiger partial charge < -0.3 is 4.42 Å². The van der Waals surface area contributed by atoms with Crippen LogP contribution in [-0.4, -0.2) is 4.98 Å². The summed E-state index contributed by atoms with van der Waals surface area (Å²) >= 11 is 0. The van der Waals surface area contributed by atoms with Gasteiger partial charge in [0.25, 0.3) is 0 Å². The molecule has 4 rings (SSSR count). The van der Waals surface area contributed by atoms with Gasteiger partial charge in [0.15, 0.2) is 28.9 Å². The van der Waals surface area contributed by atoms with Gasteiger partial charge in [-0.3, -0.25) is 0 Å². The molecule has 0 unspecified atom stereocenters. The average molecular weight is 361 g/mol. The Bertz CT molecular complexity index is 1110. The average Bonchev–Trinajstić information content (AvgIpc) is 3.08. The quantitative estimate of drug-likeness (QED) is 0.254. The van der Waals surface area contributed by atoms with E-state index < -0.39 is 40.5 Å². The first kappa shape index (κ1) is 16.3. The van der Waals surface area contributed by atoms with Gasteiger partial charge >= 0.3 is 0 Å². The van der Waals surface area contributed by atoms with Crippen LogP contribution >= 0.6 is 0 Å². The highest BCUT2D eigenvalue weighted by Gasteiger charge is 2.29. The van der Waals surface area contributed by atoms with E-state index in [1.54, 1.807) is 12.1 Å². The Morgan fingerprint density at radius 1 is 0.654 bits per heavy atom. The molecule has 1 aromatic heterocycles. The first-order valence-electron chi connectivity index (χ1n) is 7.45. The molecule has 4 aromatic rings. The maximum absolute atomic E-state index is 13.9. The van der Waals surface area contributed by atoms with Crippen LogP contribution in [0.25, 0.3) is 33.7 Å². The third-order valence-electron chi connectivity index (χ3n) is 3.92. The Morgan fingerprint density at radius 2 is 1.27 bits per heavy atom. The van der Waals surface area contributed by atoms with Crippen LogP contribution in [0.4, 0.5) is 22.0 Å². The molecule has 0 aliphatic carbocycles. The number of benzene rings is 3. The van der Waals surface area contributed by atoms with Crippen LogP contribution in [-0.2, 0) is 0 Å². The molecule has 0 atom stereocenters. The number of aromatic nitrogens is 1. The van der Waals surface area contributed by atoms with Crippen LogP contribution in [0, 0.1) is 29.1 Å². The Kier molecular flexibility index (Phi) is 3.72. The molecule has 0 radical (unpaired) electrons. The minimum absolute atomic E-state index is 0.156. The zero-order chi connectivity index (χ0) is 18.4. The number of rotatable bonds is 2. The second-order valence-electron chi connectivity index (χ2n) is 5.51. The fourth-order valence-electron chi connectivity index (χ4n) is 2.64. The summed E-state index contributed by atoms with van der Waals surface area (Å²) < 4.78 is 73.1. The molecule has 26 heavy (non-hydrogen) atoms. The van der Waals surface area contributed by atoms with E-state index in [0.717, 1.165) is 11.1 Å². The number of hydrogen-bond donors (Lipinski definition) is 0. The Hall–Kier alpha value is -3.22. The van der Waals surface area contributed by atoms with Gasteiger partial charge in [0.1, 0.15) is 11.1 Å².